The Labute approximate surface area is 153 Å². The fourth-order valence-electron chi connectivity index (χ4n) is 3.18. The van der Waals surface area contributed by atoms with Crippen LogP contribution in [0.4, 0.5) is 4.79 Å². The second kappa shape index (κ2) is 7.72. The molecule has 0 radical (unpaired) electrons. The summed E-state index contributed by atoms with van der Waals surface area (Å²) in [5.41, 5.74) is 1.02. The molecule has 0 saturated carbocycles. The summed E-state index contributed by atoms with van der Waals surface area (Å²) in [5.74, 6) is -0.997. The number of carboxylic acid groups (broad SMARTS) is 1. The van der Waals surface area contributed by atoms with Crippen LogP contribution in [0.5, 0.6) is 0 Å². The van der Waals surface area contributed by atoms with Gasteiger partial charge in [0.15, 0.2) is 0 Å². The van der Waals surface area contributed by atoms with Crippen LogP contribution < -0.4 is 0 Å². The maximum absolute atomic E-state index is 12.7. The van der Waals surface area contributed by atoms with Crippen molar-refractivity contribution in [3.63, 3.8) is 0 Å². The summed E-state index contributed by atoms with van der Waals surface area (Å²) in [6.07, 6.45) is 1.72. The summed E-state index contributed by atoms with van der Waals surface area (Å²) in [4.78, 5) is 32.2. The molecular weight excluding hydrogens is 338 g/mol. The first-order valence-corrected chi connectivity index (χ1v) is 9.66. The highest BCUT2D eigenvalue weighted by Crippen LogP contribution is 2.28. The van der Waals surface area contributed by atoms with Crippen molar-refractivity contribution in [2.45, 2.75) is 60.0 Å². The summed E-state index contributed by atoms with van der Waals surface area (Å²) in [6, 6.07) is -0.960. The van der Waals surface area contributed by atoms with E-state index in [1.54, 1.807) is 16.2 Å². The summed E-state index contributed by atoms with van der Waals surface area (Å²) < 4.78 is 0. The molecule has 7 heteroatoms. The highest BCUT2D eigenvalue weighted by Gasteiger charge is 2.40. The van der Waals surface area contributed by atoms with E-state index in [-0.39, 0.29) is 17.4 Å². The van der Waals surface area contributed by atoms with Gasteiger partial charge < -0.3 is 14.9 Å². The summed E-state index contributed by atoms with van der Waals surface area (Å²) in [6.45, 7) is 11.8. The van der Waals surface area contributed by atoms with Crippen molar-refractivity contribution in [3.05, 3.63) is 16.1 Å². The van der Waals surface area contributed by atoms with E-state index in [4.69, 9.17) is 0 Å². The Morgan fingerprint density at radius 1 is 1.40 bits per heavy atom. The minimum Gasteiger partial charge on any atom is -0.480 e. The highest BCUT2D eigenvalue weighted by atomic mass is 32.1. The van der Waals surface area contributed by atoms with Crippen molar-refractivity contribution in [2.75, 3.05) is 13.1 Å². The van der Waals surface area contributed by atoms with Crippen molar-refractivity contribution >= 4 is 23.3 Å². The largest absolute Gasteiger partial charge is 0.480 e. The fraction of sp³-hybridized carbons (Fsp3) is 0.722. The van der Waals surface area contributed by atoms with Crippen LogP contribution in [0.25, 0.3) is 0 Å². The monoisotopic (exact) mass is 367 g/mol. The highest BCUT2D eigenvalue weighted by molar-refractivity contribution is 7.09. The molecule has 0 aliphatic carbocycles. The number of aromatic nitrogens is 1. The molecule has 140 valence electrons. The van der Waals surface area contributed by atoms with Crippen LogP contribution in [0.15, 0.2) is 5.38 Å². The van der Waals surface area contributed by atoms with Crippen LogP contribution in [0.1, 0.15) is 51.2 Å². The van der Waals surface area contributed by atoms with Crippen LogP contribution in [-0.4, -0.2) is 51.0 Å². The molecule has 0 aromatic carbocycles. The number of thiazole rings is 1. The zero-order chi connectivity index (χ0) is 18.8. The van der Waals surface area contributed by atoms with Crippen LogP contribution in [0.3, 0.4) is 0 Å². The summed E-state index contributed by atoms with van der Waals surface area (Å²) in [7, 11) is 0. The maximum Gasteiger partial charge on any atom is 0.326 e. The predicted octanol–water partition coefficient (Wildman–Crippen LogP) is 3.60. The third-order valence-corrected chi connectivity index (χ3v) is 5.45. The summed E-state index contributed by atoms with van der Waals surface area (Å²) >= 11 is 1.56. The van der Waals surface area contributed by atoms with Crippen molar-refractivity contribution in [1.82, 2.24) is 14.8 Å². The molecule has 1 aliphatic rings. The Bertz CT molecular complexity index is 623. The van der Waals surface area contributed by atoms with Gasteiger partial charge in [-0.2, -0.15) is 0 Å². The number of carbonyl (C=O) groups excluding carboxylic acids is 1. The molecule has 2 amide bonds. The minimum atomic E-state index is -0.916. The maximum atomic E-state index is 12.7. The number of amides is 2. The quantitative estimate of drug-likeness (QED) is 0.799. The minimum absolute atomic E-state index is 0.0814. The molecule has 2 rings (SSSR count). The van der Waals surface area contributed by atoms with E-state index in [0.717, 1.165) is 23.5 Å². The number of rotatable bonds is 7. The van der Waals surface area contributed by atoms with Crippen molar-refractivity contribution in [2.24, 2.45) is 11.3 Å². The SMILES string of the molecule is Cc1nc(CN2CCN([C@H](C(=O)O)[C@@H](C)CCC(C)(C)C)C2=O)cs1. The topological polar surface area (TPSA) is 73.7 Å². The van der Waals surface area contributed by atoms with Gasteiger partial charge in [0.05, 0.1) is 17.2 Å². The number of carboxylic acids is 1. The van der Waals surface area contributed by atoms with Crippen molar-refractivity contribution in [1.29, 1.82) is 0 Å². The third kappa shape index (κ3) is 5.17. The van der Waals surface area contributed by atoms with E-state index >= 15 is 0 Å². The molecule has 2 atom stereocenters. The third-order valence-electron chi connectivity index (χ3n) is 4.62. The molecule has 1 aromatic rings. The smallest absolute Gasteiger partial charge is 0.326 e. The number of hydrogen-bond acceptors (Lipinski definition) is 4. The van der Waals surface area contributed by atoms with Crippen LogP contribution in [-0.2, 0) is 11.3 Å². The molecule has 2 heterocycles. The van der Waals surface area contributed by atoms with Gasteiger partial charge in [-0.05, 0) is 31.1 Å². The predicted molar refractivity (Wildman–Crippen MR) is 98.6 cm³/mol. The lowest BCUT2D eigenvalue weighted by Crippen LogP contribution is -2.47. The Hall–Kier alpha value is -1.63. The number of hydrogen-bond donors (Lipinski definition) is 1. The number of aliphatic carboxylic acids is 1. The molecule has 6 nitrogen and oxygen atoms in total. The van der Waals surface area contributed by atoms with E-state index in [0.29, 0.717) is 19.6 Å². The Morgan fingerprint density at radius 3 is 2.60 bits per heavy atom. The van der Waals surface area contributed by atoms with Gasteiger partial charge in [-0.25, -0.2) is 14.6 Å². The first-order valence-electron chi connectivity index (χ1n) is 8.78. The van der Waals surface area contributed by atoms with Gasteiger partial charge in [-0.3, -0.25) is 0 Å². The number of carbonyl (C=O) groups is 2. The molecule has 1 N–H and O–H groups in total. The van der Waals surface area contributed by atoms with Gasteiger partial charge in [0.1, 0.15) is 6.04 Å². The normalized spacial score (nSPS) is 17.9. The molecule has 0 unspecified atom stereocenters. The van der Waals surface area contributed by atoms with Gasteiger partial charge in [-0.1, -0.05) is 27.7 Å². The molecule has 0 spiro atoms. The number of urea groups is 1. The number of aryl methyl sites for hydroxylation is 1. The molecular formula is C18H29N3O3S. The Balaban J connectivity index is 2.03. The van der Waals surface area contributed by atoms with E-state index in [9.17, 15) is 14.7 Å². The molecule has 1 saturated heterocycles. The van der Waals surface area contributed by atoms with E-state index in [1.165, 1.54) is 4.90 Å². The van der Waals surface area contributed by atoms with Gasteiger partial charge in [0, 0.05) is 18.5 Å². The van der Waals surface area contributed by atoms with Gasteiger partial charge in [0.25, 0.3) is 0 Å². The summed E-state index contributed by atoms with van der Waals surface area (Å²) in [5, 5.41) is 12.6. The van der Waals surface area contributed by atoms with Gasteiger partial charge >= 0.3 is 12.0 Å². The van der Waals surface area contributed by atoms with Crippen LogP contribution in [0.2, 0.25) is 0 Å². The zero-order valence-corrected chi connectivity index (χ0v) is 16.6. The lowest BCUT2D eigenvalue weighted by Gasteiger charge is -2.31. The van der Waals surface area contributed by atoms with Crippen LogP contribution >= 0.6 is 11.3 Å². The van der Waals surface area contributed by atoms with Gasteiger partial charge in [0.2, 0.25) is 0 Å². The Morgan fingerprint density at radius 2 is 2.08 bits per heavy atom. The van der Waals surface area contributed by atoms with Gasteiger partial charge in [-0.15, -0.1) is 11.3 Å². The first kappa shape index (κ1) is 19.7. The van der Waals surface area contributed by atoms with Crippen LogP contribution in [0, 0.1) is 18.3 Å². The zero-order valence-electron chi connectivity index (χ0n) is 15.8. The lowest BCUT2D eigenvalue weighted by atomic mass is 9.84. The van der Waals surface area contributed by atoms with Crippen molar-refractivity contribution < 1.29 is 14.7 Å². The standard InChI is InChI=1S/C18H29N3O3S/c1-12(6-7-18(3,4)5)15(16(22)23)21-9-8-20(17(21)24)10-14-11-25-13(2)19-14/h11-12,15H,6-10H2,1-5H3,(H,22,23)/t12-,15-/m0/s1. The molecule has 1 fully saturated rings. The van der Waals surface area contributed by atoms with E-state index in [2.05, 4.69) is 25.8 Å². The van der Waals surface area contributed by atoms with E-state index < -0.39 is 12.0 Å². The van der Waals surface area contributed by atoms with Crippen molar-refractivity contribution in [3.8, 4) is 0 Å². The molecule has 0 bridgehead atoms. The molecule has 25 heavy (non-hydrogen) atoms. The average Bonchev–Trinajstić information content (AvgIpc) is 3.05. The van der Waals surface area contributed by atoms with E-state index in [1.807, 2.05) is 19.2 Å². The second-order valence-electron chi connectivity index (χ2n) is 8.12. The fourth-order valence-corrected chi connectivity index (χ4v) is 3.79. The first-order chi connectivity index (χ1) is 11.6. The number of nitrogens with zero attached hydrogens (tertiary/aromatic N) is 3. The lowest BCUT2D eigenvalue weighted by molar-refractivity contribution is -0.143. The molecule has 1 aliphatic heterocycles. The molecule has 1 aromatic heterocycles. The average molecular weight is 368 g/mol. The second-order valence-corrected chi connectivity index (χ2v) is 9.18. The Kier molecular flexibility index (Phi) is 6.08.